The van der Waals surface area contributed by atoms with Gasteiger partial charge in [0.15, 0.2) is 6.04 Å². The molecule has 0 radical (unpaired) electrons. The summed E-state index contributed by atoms with van der Waals surface area (Å²) < 4.78 is 7.15. The van der Waals surface area contributed by atoms with Gasteiger partial charge in [-0.15, -0.1) is 16.4 Å². The number of hydrogen-bond donors (Lipinski definition) is 1. The minimum atomic E-state index is 0.199. The molecule has 0 amide bonds. The van der Waals surface area contributed by atoms with E-state index in [9.17, 15) is 0 Å². The van der Waals surface area contributed by atoms with E-state index in [4.69, 9.17) is 4.74 Å². The van der Waals surface area contributed by atoms with Crippen molar-refractivity contribution in [2.24, 2.45) is 5.92 Å². The molecule has 1 fully saturated rings. The number of nitrogens with one attached hydrogen (secondary N) is 1. The molecule has 1 aliphatic rings. The molecule has 7 heteroatoms. The Balaban J connectivity index is 1.47. The lowest BCUT2D eigenvalue weighted by Crippen LogP contribution is -3.13. The molecule has 1 atom stereocenters. The maximum atomic E-state index is 5.24. The second kappa shape index (κ2) is 9.41. The van der Waals surface area contributed by atoms with Crippen LogP contribution in [0.5, 0.6) is 0 Å². The lowest BCUT2D eigenvalue weighted by Gasteiger charge is -2.33. The summed E-state index contributed by atoms with van der Waals surface area (Å²) in [5.74, 6) is 1.72. The van der Waals surface area contributed by atoms with Gasteiger partial charge in [0.25, 0.3) is 0 Å². The van der Waals surface area contributed by atoms with Crippen LogP contribution in [-0.2, 0) is 17.7 Å². The van der Waals surface area contributed by atoms with E-state index >= 15 is 0 Å². The van der Waals surface area contributed by atoms with Crippen LogP contribution in [0.15, 0.2) is 47.8 Å². The highest BCUT2D eigenvalue weighted by Crippen LogP contribution is 2.24. The van der Waals surface area contributed by atoms with Crippen LogP contribution in [0.1, 0.15) is 35.1 Å². The number of thiophene rings is 1. The van der Waals surface area contributed by atoms with Crippen LogP contribution in [0.4, 0.5) is 0 Å². The van der Waals surface area contributed by atoms with Crippen molar-refractivity contribution >= 4 is 11.3 Å². The van der Waals surface area contributed by atoms with E-state index in [0.29, 0.717) is 13.2 Å². The van der Waals surface area contributed by atoms with Gasteiger partial charge >= 0.3 is 0 Å². The first kappa shape index (κ1) is 19.2. The van der Waals surface area contributed by atoms with Crippen molar-refractivity contribution < 1.29 is 9.64 Å². The van der Waals surface area contributed by atoms with Gasteiger partial charge in [-0.3, -0.25) is 0 Å². The summed E-state index contributed by atoms with van der Waals surface area (Å²) in [4.78, 5) is 2.91. The van der Waals surface area contributed by atoms with Crippen molar-refractivity contribution in [1.82, 2.24) is 20.2 Å². The number of benzene rings is 1. The number of piperidine rings is 1. The minimum absolute atomic E-state index is 0.199. The van der Waals surface area contributed by atoms with E-state index < -0.39 is 0 Å². The Morgan fingerprint density at radius 3 is 2.71 bits per heavy atom. The zero-order valence-corrected chi connectivity index (χ0v) is 17.1. The Kier molecular flexibility index (Phi) is 6.46. The molecule has 28 heavy (non-hydrogen) atoms. The molecule has 4 rings (SSSR count). The van der Waals surface area contributed by atoms with Gasteiger partial charge in [0, 0.05) is 7.11 Å². The largest absolute Gasteiger partial charge is 0.383 e. The number of likely N-dealkylation sites (tertiary alicyclic amines) is 1. The molecule has 1 saturated heterocycles. The monoisotopic (exact) mass is 398 g/mol. The van der Waals surface area contributed by atoms with Crippen molar-refractivity contribution in [3.63, 3.8) is 0 Å². The maximum absolute atomic E-state index is 5.24. The van der Waals surface area contributed by atoms with Gasteiger partial charge in [-0.1, -0.05) is 36.4 Å². The highest BCUT2D eigenvalue weighted by atomic mass is 32.1. The molecule has 0 bridgehead atoms. The fraction of sp³-hybridized carbons (Fsp3) is 0.476. The molecule has 1 aromatic carbocycles. The van der Waals surface area contributed by atoms with Crippen molar-refractivity contribution in [2.75, 3.05) is 26.8 Å². The number of aromatic nitrogens is 4. The first-order valence-electron chi connectivity index (χ1n) is 10.0. The summed E-state index contributed by atoms with van der Waals surface area (Å²) in [6.45, 7) is 3.60. The number of ether oxygens (including phenoxy) is 1. The minimum Gasteiger partial charge on any atom is -0.383 e. The Morgan fingerprint density at radius 2 is 2.00 bits per heavy atom. The van der Waals surface area contributed by atoms with Crippen molar-refractivity contribution in [3.05, 3.63) is 64.1 Å². The SMILES string of the molecule is COCCn1nnnc1[C@@H](c1cccs1)[NH+]1CCC(Cc2ccccc2)CC1. The molecule has 2 aromatic heterocycles. The number of nitrogens with zero attached hydrogens (tertiary/aromatic N) is 4. The van der Waals surface area contributed by atoms with Crippen molar-refractivity contribution in [3.8, 4) is 0 Å². The van der Waals surface area contributed by atoms with E-state index in [1.165, 1.54) is 29.7 Å². The van der Waals surface area contributed by atoms with Gasteiger partial charge < -0.3 is 9.64 Å². The highest BCUT2D eigenvalue weighted by Gasteiger charge is 2.35. The molecule has 0 spiro atoms. The Hall–Kier alpha value is -2.09. The topological polar surface area (TPSA) is 57.3 Å². The van der Waals surface area contributed by atoms with Crippen molar-refractivity contribution in [2.45, 2.75) is 31.8 Å². The third kappa shape index (κ3) is 4.48. The van der Waals surface area contributed by atoms with Crippen LogP contribution in [-0.4, -0.2) is 47.0 Å². The van der Waals surface area contributed by atoms with E-state index in [1.54, 1.807) is 23.3 Å². The molecular formula is C21H28N5OS+. The summed E-state index contributed by atoms with van der Waals surface area (Å²) in [7, 11) is 1.71. The van der Waals surface area contributed by atoms with Crippen LogP contribution >= 0.6 is 11.3 Å². The summed E-state index contributed by atoms with van der Waals surface area (Å²) in [6.07, 6.45) is 3.67. The van der Waals surface area contributed by atoms with Gasteiger partial charge in [-0.25, -0.2) is 4.68 Å². The van der Waals surface area contributed by atoms with Gasteiger partial charge in [-0.05, 0) is 52.6 Å². The van der Waals surface area contributed by atoms with Crippen LogP contribution < -0.4 is 4.90 Å². The van der Waals surface area contributed by atoms with Crippen LogP contribution in [0.25, 0.3) is 0 Å². The first-order valence-corrected chi connectivity index (χ1v) is 10.9. The van der Waals surface area contributed by atoms with Crippen LogP contribution in [0.2, 0.25) is 0 Å². The molecule has 1 N–H and O–H groups in total. The summed E-state index contributed by atoms with van der Waals surface area (Å²) in [5, 5.41) is 14.8. The van der Waals surface area contributed by atoms with Crippen molar-refractivity contribution in [1.29, 1.82) is 0 Å². The molecule has 148 valence electrons. The quantitative estimate of drug-likeness (QED) is 0.631. The van der Waals surface area contributed by atoms with E-state index in [0.717, 1.165) is 24.8 Å². The average molecular weight is 399 g/mol. The zero-order valence-electron chi connectivity index (χ0n) is 16.3. The maximum Gasteiger partial charge on any atom is 0.215 e. The third-order valence-corrected chi connectivity index (χ3v) is 6.61. The lowest BCUT2D eigenvalue weighted by molar-refractivity contribution is -0.931. The number of rotatable bonds is 8. The second-order valence-corrected chi connectivity index (χ2v) is 8.47. The smallest absolute Gasteiger partial charge is 0.215 e. The fourth-order valence-corrected chi connectivity index (χ4v) is 5.09. The lowest BCUT2D eigenvalue weighted by atomic mass is 9.89. The number of quaternary nitrogens is 1. The van der Waals surface area contributed by atoms with E-state index in [2.05, 4.69) is 63.4 Å². The summed E-state index contributed by atoms with van der Waals surface area (Å²) >= 11 is 1.80. The molecule has 0 saturated carbocycles. The molecule has 3 heterocycles. The second-order valence-electron chi connectivity index (χ2n) is 7.49. The normalized spacial score (nSPS) is 20.9. The van der Waals surface area contributed by atoms with Crippen LogP contribution in [0, 0.1) is 5.92 Å². The Labute approximate surface area is 170 Å². The van der Waals surface area contributed by atoms with Crippen LogP contribution in [0.3, 0.4) is 0 Å². The van der Waals surface area contributed by atoms with Gasteiger partial charge in [-0.2, -0.15) is 0 Å². The number of methoxy groups -OCH3 is 1. The third-order valence-electron chi connectivity index (χ3n) is 5.68. The predicted octanol–water partition coefficient (Wildman–Crippen LogP) is 2.01. The zero-order chi connectivity index (χ0) is 19.2. The number of hydrogen-bond acceptors (Lipinski definition) is 5. The predicted molar refractivity (Wildman–Crippen MR) is 109 cm³/mol. The van der Waals surface area contributed by atoms with E-state index in [-0.39, 0.29) is 6.04 Å². The van der Waals surface area contributed by atoms with E-state index in [1.807, 2.05) is 4.68 Å². The van der Waals surface area contributed by atoms with Gasteiger partial charge in [0.2, 0.25) is 5.82 Å². The molecule has 0 aliphatic carbocycles. The number of tetrazole rings is 1. The fourth-order valence-electron chi connectivity index (χ4n) is 4.21. The van der Waals surface area contributed by atoms with Gasteiger partial charge in [0.1, 0.15) is 0 Å². The highest BCUT2D eigenvalue weighted by molar-refractivity contribution is 7.10. The first-order chi connectivity index (χ1) is 13.8. The molecular weight excluding hydrogens is 370 g/mol. The summed E-state index contributed by atoms with van der Waals surface area (Å²) in [5.41, 5.74) is 1.45. The summed E-state index contributed by atoms with van der Waals surface area (Å²) in [6, 6.07) is 15.4. The molecule has 6 nitrogen and oxygen atoms in total. The van der Waals surface area contributed by atoms with Gasteiger partial charge in [0.05, 0.1) is 31.1 Å². The average Bonchev–Trinajstić information content (AvgIpc) is 3.42. The Morgan fingerprint density at radius 1 is 1.18 bits per heavy atom. The molecule has 1 aliphatic heterocycles. The molecule has 0 unspecified atom stereocenters. The standard InChI is InChI=1S/C21H27N5OS/c1-27-14-13-26-21(22-23-24-26)20(19-8-5-15-28-19)25-11-9-18(10-12-25)16-17-6-3-2-4-7-17/h2-8,15,18,20H,9-14,16H2,1H3/p+1/t20-/m1/s1. The Bertz CT molecular complexity index is 828. The molecule has 3 aromatic rings.